The van der Waals surface area contributed by atoms with Gasteiger partial charge < -0.3 is 5.11 Å². The topological polar surface area (TPSA) is 42.2 Å². The van der Waals surface area contributed by atoms with E-state index in [0.29, 0.717) is 11.3 Å². The summed E-state index contributed by atoms with van der Waals surface area (Å²) in [4.78, 5) is 12.7. The van der Waals surface area contributed by atoms with Crippen LogP contribution >= 0.6 is 0 Å². The summed E-state index contributed by atoms with van der Waals surface area (Å²) in [7, 11) is 0. The van der Waals surface area contributed by atoms with Gasteiger partial charge in [0.1, 0.15) is 5.75 Å². The number of hydrogen-bond donors (Lipinski definition) is 1. The SMILES string of the molecule is Cc1ccccc1-c1cc(O)c(C)c(=O)n1-c1ccccc1. The van der Waals surface area contributed by atoms with E-state index >= 15 is 0 Å². The Morgan fingerprint density at radius 1 is 0.909 bits per heavy atom. The first-order chi connectivity index (χ1) is 10.6. The molecular formula is C19H17NO2. The van der Waals surface area contributed by atoms with E-state index in [1.54, 1.807) is 17.6 Å². The molecule has 22 heavy (non-hydrogen) atoms. The Hall–Kier alpha value is -2.81. The van der Waals surface area contributed by atoms with Crippen molar-refractivity contribution in [3.05, 3.63) is 82.1 Å². The average Bonchev–Trinajstić information content (AvgIpc) is 2.54. The van der Waals surface area contributed by atoms with E-state index in [1.807, 2.05) is 61.5 Å². The zero-order valence-electron chi connectivity index (χ0n) is 12.6. The lowest BCUT2D eigenvalue weighted by atomic mass is 10.0. The maximum Gasteiger partial charge on any atom is 0.262 e. The average molecular weight is 291 g/mol. The maximum atomic E-state index is 12.7. The van der Waals surface area contributed by atoms with Crippen LogP contribution in [0.1, 0.15) is 11.1 Å². The Bertz CT molecular complexity index is 880. The molecule has 0 aliphatic rings. The molecule has 0 radical (unpaired) electrons. The summed E-state index contributed by atoms with van der Waals surface area (Å²) in [6.07, 6.45) is 0. The van der Waals surface area contributed by atoms with Crippen molar-refractivity contribution in [2.24, 2.45) is 0 Å². The van der Waals surface area contributed by atoms with Gasteiger partial charge in [-0.1, -0.05) is 42.5 Å². The molecule has 0 saturated heterocycles. The molecule has 0 fully saturated rings. The van der Waals surface area contributed by atoms with Gasteiger partial charge in [-0.15, -0.1) is 0 Å². The summed E-state index contributed by atoms with van der Waals surface area (Å²) >= 11 is 0. The Kier molecular flexibility index (Phi) is 3.55. The van der Waals surface area contributed by atoms with Gasteiger partial charge in [-0.05, 0) is 31.5 Å². The molecule has 1 N–H and O–H groups in total. The summed E-state index contributed by atoms with van der Waals surface area (Å²) in [5.74, 6) is 0.0236. The first-order valence-electron chi connectivity index (χ1n) is 7.16. The fourth-order valence-corrected chi connectivity index (χ4v) is 2.58. The highest BCUT2D eigenvalue weighted by molar-refractivity contribution is 5.68. The van der Waals surface area contributed by atoms with Crippen LogP contribution in [0.3, 0.4) is 0 Å². The van der Waals surface area contributed by atoms with Crippen molar-refractivity contribution in [1.82, 2.24) is 4.57 Å². The number of hydrogen-bond acceptors (Lipinski definition) is 2. The van der Waals surface area contributed by atoms with E-state index in [2.05, 4.69) is 0 Å². The van der Waals surface area contributed by atoms with Gasteiger partial charge in [-0.25, -0.2) is 0 Å². The number of aromatic nitrogens is 1. The molecule has 3 heteroatoms. The number of benzene rings is 2. The monoisotopic (exact) mass is 291 g/mol. The predicted octanol–water partition coefficient (Wildman–Crippen LogP) is 3.83. The predicted molar refractivity (Wildman–Crippen MR) is 88.6 cm³/mol. The minimum atomic E-state index is -0.204. The summed E-state index contributed by atoms with van der Waals surface area (Å²) in [6, 6.07) is 19.0. The quantitative estimate of drug-likeness (QED) is 0.779. The van der Waals surface area contributed by atoms with Gasteiger partial charge in [-0.3, -0.25) is 9.36 Å². The minimum Gasteiger partial charge on any atom is -0.507 e. The fourth-order valence-electron chi connectivity index (χ4n) is 2.58. The molecule has 1 heterocycles. The largest absolute Gasteiger partial charge is 0.507 e. The molecule has 3 aromatic rings. The Morgan fingerprint density at radius 3 is 2.23 bits per heavy atom. The molecule has 0 aliphatic heterocycles. The lowest BCUT2D eigenvalue weighted by Crippen LogP contribution is -2.22. The maximum absolute atomic E-state index is 12.7. The van der Waals surface area contributed by atoms with E-state index in [9.17, 15) is 9.90 Å². The molecule has 0 bridgehead atoms. The van der Waals surface area contributed by atoms with Crippen molar-refractivity contribution in [3.8, 4) is 22.7 Å². The molecule has 1 aromatic heterocycles. The second-order valence-corrected chi connectivity index (χ2v) is 5.33. The van der Waals surface area contributed by atoms with Gasteiger partial charge in [0.25, 0.3) is 5.56 Å². The zero-order chi connectivity index (χ0) is 15.7. The molecule has 3 rings (SSSR count). The highest BCUT2D eigenvalue weighted by atomic mass is 16.3. The van der Waals surface area contributed by atoms with Crippen LogP contribution in [-0.2, 0) is 0 Å². The minimum absolute atomic E-state index is 0.0236. The van der Waals surface area contributed by atoms with Crippen LogP contribution in [-0.4, -0.2) is 9.67 Å². The number of aryl methyl sites for hydroxylation is 1. The van der Waals surface area contributed by atoms with E-state index in [0.717, 1.165) is 16.8 Å². The summed E-state index contributed by atoms with van der Waals surface area (Å²) in [6.45, 7) is 3.63. The first kappa shape index (κ1) is 14.1. The van der Waals surface area contributed by atoms with Crippen LogP contribution in [0.4, 0.5) is 0 Å². The van der Waals surface area contributed by atoms with Crippen molar-refractivity contribution in [2.75, 3.05) is 0 Å². The first-order valence-corrected chi connectivity index (χ1v) is 7.16. The molecule has 0 unspecified atom stereocenters. The lowest BCUT2D eigenvalue weighted by molar-refractivity contribution is 0.468. The van der Waals surface area contributed by atoms with Gasteiger partial charge in [-0.2, -0.15) is 0 Å². The van der Waals surface area contributed by atoms with E-state index in [1.165, 1.54) is 0 Å². The third-order valence-corrected chi connectivity index (χ3v) is 3.86. The molecule has 0 atom stereocenters. The van der Waals surface area contributed by atoms with Crippen LogP contribution in [0.25, 0.3) is 16.9 Å². The highest BCUT2D eigenvalue weighted by Crippen LogP contribution is 2.28. The Balaban J connectivity index is 2.40. The number of aromatic hydroxyl groups is 1. The Morgan fingerprint density at radius 2 is 1.55 bits per heavy atom. The van der Waals surface area contributed by atoms with Crippen molar-refractivity contribution < 1.29 is 5.11 Å². The van der Waals surface area contributed by atoms with E-state index in [-0.39, 0.29) is 11.3 Å². The molecular weight excluding hydrogens is 274 g/mol. The van der Waals surface area contributed by atoms with Gasteiger partial charge in [0.15, 0.2) is 0 Å². The number of nitrogens with zero attached hydrogens (tertiary/aromatic N) is 1. The Labute approximate surface area is 129 Å². The van der Waals surface area contributed by atoms with Crippen molar-refractivity contribution >= 4 is 0 Å². The van der Waals surface area contributed by atoms with E-state index in [4.69, 9.17) is 0 Å². The number of para-hydroxylation sites is 1. The van der Waals surface area contributed by atoms with Crippen LogP contribution in [0, 0.1) is 13.8 Å². The van der Waals surface area contributed by atoms with E-state index < -0.39 is 0 Å². The van der Waals surface area contributed by atoms with Crippen molar-refractivity contribution in [2.45, 2.75) is 13.8 Å². The van der Waals surface area contributed by atoms with Crippen molar-refractivity contribution in [1.29, 1.82) is 0 Å². The molecule has 0 saturated carbocycles. The molecule has 0 amide bonds. The standard InChI is InChI=1S/C19H17NO2/c1-13-8-6-7-11-16(13)17-12-18(21)14(2)19(22)20(17)15-9-4-3-5-10-15/h3-12,21H,1-2H3. The number of pyridine rings is 1. The van der Waals surface area contributed by atoms with Crippen LogP contribution < -0.4 is 5.56 Å². The third-order valence-electron chi connectivity index (χ3n) is 3.86. The van der Waals surface area contributed by atoms with Crippen LogP contribution in [0.5, 0.6) is 5.75 Å². The summed E-state index contributed by atoms with van der Waals surface area (Å²) in [5.41, 5.74) is 3.60. The summed E-state index contributed by atoms with van der Waals surface area (Å²) in [5, 5.41) is 10.1. The van der Waals surface area contributed by atoms with Gasteiger partial charge in [0.2, 0.25) is 0 Å². The lowest BCUT2D eigenvalue weighted by Gasteiger charge is -2.16. The third kappa shape index (κ3) is 2.31. The molecule has 0 spiro atoms. The zero-order valence-corrected chi connectivity index (χ0v) is 12.6. The normalized spacial score (nSPS) is 10.6. The highest BCUT2D eigenvalue weighted by Gasteiger charge is 2.15. The second kappa shape index (κ2) is 5.53. The molecule has 2 aromatic carbocycles. The number of rotatable bonds is 2. The smallest absolute Gasteiger partial charge is 0.262 e. The molecule has 110 valence electrons. The van der Waals surface area contributed by atoms with Gasteiger partial charge in [0, 0.05) is 17.3 Å². The second-order valence-electron chi connectivity index (χ2n) is 5.33. The fraction of sp³-hybridized carbons (Fsp3) is 0.105. The molecule has 3 nitrogen and oxygen atoms in total. The van der Waals surface area contributed by atoms with Crippen LogP contribution in [0.2, 0.25) is 0 Å². The van der Waals surface area contributed by atoms with Crippen LogP contribution in [0.15, 0.2) is 65.5 Å². The summed E-state index contributed by atoms with van der Waals surface area (Å²) < 4.78 is 1.65. The van der Waals surface area contributed by atoms with Gasteiger partial charge >= 0.3 is 0 Å². The molecule has 0 aliphatic carbocycles. The van der Waals surface area contributed by atoms with Gasteiger partial charge in [0.05, 0.1) is 11.3 Å². The van der Waals surface area contributed by atoms with Crippen molar-refractivity contribution in [3.63, 3.8) is 0 Å².